The molecule has 22 heavy (non-hydrogen) atoms. The Hall–Kier alpha value is -1.65. The average Bonchev–Trinajstić information content (AvgIpc) is 2.48. The Morgan fingerprint density at radius 1 is 1.27 bits per heavy atom. The number of hydrogen-bond donors (Lipinski definition) is 1. The summed E-state index contributed by atoms with van der Waals surface area (Å²) < 4.78 is 0. The van der Waals surface area contributed by atoms with Gasteiger partial charge in [0.2, 0.25) is 0 Å². The van der Waals surface area contributed by atoms with Gasteiger partial charge in [0.05, 0.1) is 0 Å². The molecule has 1 aromatic heterocycles. The SMILES string of the molecule is CC(C)Cc1nc2c(c(N3CCC(C)CC3)n1)CCNC2=O. The van der Waals surface area contributed by atoms with Gasteiger partial charge in [-0.25, -0.2) is 9.97 Å². The summed E-state index contributed by atoms with van der Waals surface area (Å²) >= 11 is 0. The summed E-state index contributed by atoms with van der Waals surface area (Å²) in [7, 11) is 0. The van der Waals surface area contributed by atoms with Gasteiger partial charge in [-0.2, -0.15) is 0 Å². The first-order valence-electron chi connectivity index (χ1n) is 8.47. The predicted octanol–water partition coefficient (Wildman–Crippen LogP) is 2.20. The molecule has 5 nitrogen and oxygen atoms in total. The Labute approximate surface area is 132 Å². The van der Waals surface area contributed by atoms with Crippen molar-refractivity contribution in [3.63, 3.8) is 0 Å². The molecule has 1 saturated heterocycles. The van der Waals surface area contributed by atoms with E-state index in [4.69, 9.17) is 4.98 Å². The van der Waals surface area contributed by atoms with E-state index in [-0.39, 0.29) is 5.91 Å². The number of nitrogens with one attached hydrogen (secondary N) is 1. The van der Waals surface area contributed by atoms with E-state index in [1.807, 2.05) is 0 Å². The van der Waals surface area contributed by atoms with E-state index in [1.54, 1.807) is 0 Å². The van der Waals surface area contributed by atoms with Crippen LogP contribution in [0.15, 0.2) is 0 Å². The van der Waals surface area contributed by atoms with Crippen molar-refractivity contribution in [3.05, 3.63) is 17.1 Å². The molecule has 0 spiro atoms. The van der Waals surface area contributed by atoms with Gasteiger partial charge >= 0.3 is 0 Å². The lowest BCUT2D eigenvalue weighted by atomic mass is 9.98. The molecule has 0 unspecified atom stereocenters. The van der Waals surface area contributed by atoms with Gasteiger partial charge in [-0.1, -0.05) is 20.8 Å². The number of aromatic nitrogens is 2. The largest absolute Gasteiger partial charge is 0.356 e. The van der Waals surface area contributed by atoms with Crippen LogP contribution in [0.4, 0.5) is 5.82 Å². The number of nitrogens with zero attached hydrogens (tertiary/aromatic N) is 3. The summed E-state index contributed by atoms with van der Waals surface area (Å²) in [6, 6.07) is 0. The van der Waals surface area contributed by atoms with Crippen LogP contribution in [0, 0.1) is 11.8 Å². The van der Waals surface area contributed by atoms with Crippen LogP contribution in [0.1, 0.15) is 55.5 Å². The topological polar surface area (TPSA) is 58.1 Å². The monoisotopic (exact) mass is 302 g/mol. The summed E-state index contributed by atoms with van der Waals surface area (Å²) in [4.78, 5) is 24.0. The normalized spacial score (nSPS) is 19.3. The minimum atomic E-state index is -0.0414. The summed E-state index contributed by atoms with van der Waals surface area (Å²) in [5.74, 6) is 3.05. The Balaban J connectivity index is 1.99. The van der Waals surface area contributed by atoms with Crippen molar-refractivity contribution in [3.8, 4) is 0 Å². The highest BCUT2D eigenvalue weighted by Crippen LogP contribution is 2.28. The maximum atomic E-state index is 12.2. The van der Waals surface area contributed by atoms with Crippen molar-refractivity contribution in [2.75, 3.05) is 24.5 Å². The highest BCUT2D eigenvalue weighted by atomic mass is 16.1. The minimum absolute atomic E-state index is 0.0414. The fourth-order valence-corrected chi connectivity index (χ4v) is 3.26. The van der Waals surface area contributed by atoms with Crippen molar-refractivity contribution >= 4 is 11.7 Å². The Morgan fingerprint density at radius 2 is 2.00 bits per heavy atom. The zero-order chi connectivity index (χ0) is 15.7. The molecule has 0 atom stereocenters. The second-order valence-corrected chi connectivity index (χ2v) is 7.06. The lowest BCUT2D eigenvalue weighted by Crippen LogP contribution is -2.38. The zero-order valence-corrected chi connectivity index (χ0v) is 13.9. The van der Waals surface area contributed by atoms with Crippen LogP contribution in [-0.4, -0.2) is 35.5 Å². The van der Waals surface area contributed by atoms with Gasteiger partial charge in [0.15, 0.2) is 0 Å². The van der Waals surface area contributed by atoms with Crippen molar-refractivity contribution in [2.45, 2.75) is 46.5 Å². The van der Waals surface area contributed by atoms with Crippen LogP contribution in [0.5, 0.6) is 0 Å². The summed E-state index contributed by atoms with van der Waals surface area (Å²) in [5, 5.41) is 2.91. The second-order valence-electron chi connectivity index (χ2n) is 7.06. The third-order valence-corrected chi connectivity index (χ3v) is 4.58. The molecule has 1 aromatic rings. The first kappa shape index (κ1) is 15.3. The molecule has 2 aliphatic rings. The number of hydrogen-bond acceptors (Lipinski definition) is 4. The van der Waals surface area contributed by atoms with Gasteiger partial charge in [-0.15, -0.1) is 0 Å². The number of amides is 1. The lowest BCUT2D eigenvalue weighted by Gasteiger charge is -2.34. The molecule has 120 valence electrons. The highest BCUT2D eigenvalue weighted by Gasteiger charge is 2.27. The molecule has 1 amide bonds. The summed E-state index contributed by atoms with van der Waals surface area (Å²) in [5.41, 5.74) is 1.65. The first-order chi connectivity index (χ1) is 10.5. The second kappa shape index (κ2) is 6.23. The van der Waals surface area contributed by atoms with Crippen LogP contribution in [0.3, 0.4) is 0 Å². The lowest BCUT2D eigenvalue weighted by molar-refractivity contribution is 0.0940. The molecule has 0 aliphatic carbocycles. The van der Waals surface area contributed by atoms with E-state index in [0.29, 0.717) is 18.2 Å². The van der Waals surface area contributed by atoms with Crippen molar-refractivity contribution in [1.29, 1.82) is 0 Å². The maximum absolute atomic E-state index is 12.2. The molecule has 1 N–H and O–H groups in total. The molecular formula is C17H26N4O. The smallest absolute Gasteiger partial charge is 0.270 e. The van der Waals surface area contributed by atoms with Gasteiger partial charge < -0.3 is 10.2 Å². The fraction of sp³-hybridized carbons (Fsp3) is 0.706. The quantitative estimate of drug-likeness (QED) is 0.930. The van der Waals surface area contributed by atoms with Gasteiger partial charge in [0, 0.05) is 31.6 Å². The van der Waals surface area contributed by atoms with E-state index in [1.165, 1.54) is 12.8 Å². The van der Waals surface area contributed by atoms with Crippen LogP contribution in [0.25, 0.3) is 0 Å². The highest BCUT2D eigenvalue weighted by molar-refractivity contribution is 5.96. The third-order valence-electron chi connectivity index (χ3n) is 4.58. The van der Waals surface area contributed by atoms with Crippen molar-refractivity contribution < 1.29 is 4.79 Å². The van der Waals surface area contributed by atoms with Crippen LogP contribution < -0.4 is 10.2 Å². The number of carbonyl (C=O) groups excluding carboxylic acids is 1. The molecule has 3 rings (SSSR count). The van der Waals surface area contributed by atoms with Crippen LogP contribution in [0.2, 0.25) is 0 Å². The van der Waals surface area contributed by atoms with Gasteiger partial charge in [-0.3, -0.25) is 4.79 Å². The molecule has 0 aromatic carbocycles. The first-order valence-corrected chi connectivity index (χ1v) is 8.47. The standard InChI is InChI=1S/C17H26N4O/c1-11(2)10-14-19-15-13(4-7-18-17(15)22)16(20-14)21-8-5-12(3)6-9-21/h11-12H,4-10H2,1-3H3,(H,18,22). The number of rotatable bonds is 3. The van der Waals surface area contributed by atoms with Crippen LogP contribution in [-0.2, 0) is 12.8 Å². The third kappa shape index (κ3) is 3.08. The Bertz CT molecular complexity index is 562. The van der Waals surface area contributed by atoms with E-state index in [0.717, 1.165) is 49.1 Å². The Kier molecular flexibility index (Phi) is 4.32. The zero-order valence-electron chi connectivity index (χ0n) is 13.9. The van der Waals surface area contributed by atoms with Gasteiger partial charge in [0.25, 0.3) is 5.91 Å². The Morgan fingerprint density at radius 3 is 2.68 bits per heavy atom. The number of piperidine rings is 1. The molecule has 1 fully saturated rings. The molecule has 2 aliphatic heterocycles. The van der Waals surface area contributed by atoms with E-state index >= 15 is 0 Å². The fourth-order valence-electron chi connectivity index (χ4n) is 3.26. The number of fused-ring (bicyclic) bond motifs is 1. The van der Waals surface area contributed by atoms with Gasteiger partial charge in [0.1, 0.15) is 17.3 Å². The molecule has 0 saturated carbocycles. The van der Waals surface area contributed by atoms with Gasteiger partial charge in [-0.05, 0) is 31.1 Å². The molecule has 0 radical (unpaired) electrons. The summed E-state index contributed by atoms with van der Waals surface area (Å²) in [6.07, 6.45) is 4.05. The molecule has 0 bridgehead atoms. The molecule has 5 heteroatoms. The van der Waals surface area contributed by atoms with E-state index < -0.39 is 0 Å². The summed E-state index contributed by atoms with van der Waals surface area (Å²) in [6.45, 7) is 9.39. The minimum Gasteiger partial charge on any atom is -0.356 e. The number of carbonyl (C=O) groups is 1. The van der Waals surface area contributed by atoms with E-state index in [9.17, 15) is 4.79 Å². The van der Waals surface area contributed by atoms with Crippen LogP contribution >= 0.6 is 0 Å². The van der Waals surface area contributed by atoms with Crippen molar-refractivity contribution in [2.24, 2.45) is 11.8 Å². The predicted molar refractivity (Wildman–Crippen MR) is 87.2 cm³/mol. The molecule has 3 heterocycles. The van der Waals surface area contributed by atoms with E-state index in [2.05, 4.69) is 36.0 Å². The average molecular weight is 302 g/mol. The molecular weight excluding hydrogens is 276 g/mol. The number of anilines is 1. The maximum Gasteiger partial charge on any atom is 0.270 e. The van der Waals surface area contributed by atoms with Crippen molar-refractivity contribution in [1.82, 2.24) is 15.3 Å².